The van der Waals surface area contributed by atoms with Gasteiger partial charge < -0.3 is 15.0 Å². The molecule has 1 saturated heterocycles. The van der Waals surface area contributed by atoms with Gasteiger partial charge >= 0.3 is 0 Å². The largest absolute Gasteiger partial charge is 0.490 e. The van der Waals surface area contributed by atoms with E-state index in [0.29, 0.717) is 35.1 Å². The van der Waals surface area contributed by atoms with Crippen molar-refractivity contribution in [2.75, 3.05) is 29.9 Å². The first-order valence-electron chi connectivity index (χ1n) is 10.2. The van der Waals surface area contributed by atoms with Crippen molar-refractivity contribution in [2.24, 2.45) is 5.92 Å². The van der Waals surface area contributed by atoms with Gasteiger partial charge in [-0.25, -0.2) is 9.97 Å². The van der Waals surface area contributed by atoms with Gasteiger partial charge in [0, 0.05) is 19.3 Å². The molecule has 0 spiro atoms. The number of amides is 1. The Kier molecular flexibility index (Phi) is 5.38. The van der Waals surface area contributed by atoms with E-state index in [1.165, 1.54) is 12.8 Å². The average molecular weight is 393 g/mol. The van der Waals surface area contributed by atoms with E-state index in [-0.39, 0.29) is 5.91 Å². The van der Waals surface area contributed by atoms with Gasteiger partial charge in [-0.15, -0.1) is 0 Å². The molecule has 29 heavy (non-hydrogen) atoms. The van der Waals surface area contributed by atoms with Crippen LogP contribution >= 0.6 is 0 Å². The minimum absolute atomic E-state index is 0.218. The second-order valence-corrected chi connectivity index (χ2v) is 7.57. The molecule has 7 nitrogen and oxygen atoms in total. The smallest absolute Gasteiger partial charge is 0.274 e. The first-order valence-corrected chi connectivity index (χ1v) is 10.2. The van der Waals surface area contributed by atoms with Gasteiger partial charge in [0.1, 0.15) is 11.5 Å². The Hall–Kier alpha value is -3.09. The standard InChI is InChI=1S/C22H27N5O2/c1-4-29-18-6-5-11-27-20(16(3)24-21(18)27)22(28)25-17-7-8-19(23-14-17)26-12-9-15(2)10-13-26/h5-8,11,14-15H,4,9-10,12-13H2,1-3H3,(H,25,28). The fraction of sp³-hybridized carbons (Fsp3) is 0.409. The van der Waals surface area contributed by atoms with Gasteiger partial charge in [0.15, 0.2) is 11.4 Å². The van der Waals surface area contributed by atoms with E-state index < -0.39 is 0 Å². The second-order valence-electron chi connectivity index (χ2n) is 7.57. The predicted octanol–water partition coefficient (Wildman–Crippen LogP) is 3.93. The van der Waals surface area contributed by atoms with Gasteiger partial charge in [0.2, 0.25) is 0 Å². The second kappa shape index (κ2) is 8.11. The van der Waals surface area contributed by atoms with E-state index in [1.807, 2.05) is 44.3 Å². The summed E-state index contributed by atoms with van der Waals surface area (Å²) < 4.78 is 7.40. The zero-order valence-corrected chi connectivity index (χ0v) is 17.2. The first kappa shape index (κ1) is 19.2. The number of nitrogens with one attached hydrogen (secondary N) is 1. The predicted molar refractivity (Wildman–Crippen MR) is 114 cm³/mol. The van der Waals surface area contributed by atoms with Crippen molar-refractivity contribution in [3.05, 3.63) is 48.0 Å². The molecule has 1 amide bonds. The highest BCUT2D eigenvalue weighted by Crippen LogP contribution is 2.24. The topological polar surface area (TPSA) is 71.8 Å². The van der Waals surface area contributed by atoms with Gasteiger partial charge in [-0.3, -0.25) is 9.20 Å². The van der Waals surface area contributed by atoms with E-state index in [2.05, 4.69) is 27.1 Å². The van der Waals surface area contributed by atoms with Gasteiger partial charge in [-0.05, 0) is 56.9 Å². The third-order valence-corrected chi connectivity index (χ3v) is 5.42. The fourth-order valence-corrected chi connectivity index (χ4v) is 3.77. The molecule has 0 saturated carbocycles. The van der Waals surface area contributed by atoms with Crippen LogP contribution in [0.2, 0.25) is 0 Å². The number of rotatable bonds is 5. The number of nitrogens with zero attached hydrogens (tertiary/aromatic N) is 4. The Morgan fingerprint density at radius 3 is 2.76 bits per heavy atom. The fourth-order valence-electron chi connectivity index (χ4n) is 3.77. The lowest BCUT2D eigenvalue weighted by atomic mass is 9.99. The normalized spacial score (nSPS) is 14.9. The SMILES string of the molecule is CCOc1cccn2c(C(=O)Nc3ccc(N4CCC(C)CC4)nc3)c(C)nc12. The Morgan fingerprint density at radius 1 is 1.28 bits per heavy atom. The minimum Gasteiger partial charge on any atom is -0.490 e. The van der Waals surface area contributed by atoms with E-state index >= 15 is 0 Å². The number of fused-ring (bicyclic) bond motifs is 1. The third-order valence-electron chi connectivity index (χ3n) is 5.42. The van der Waals surface area contributed by atoms with E-state index in [9.17, 15) is 4.79 Å². The summed E-state index contributed by atoms with van der Waals surface area (Å²) in [6.45, 7) is 8.65. The van der Waals surface area contributed by atoms with Crippen LogP contribution in [0.3, 0.4) is 0 Å². The number of hydrogen-bond acceptors (Lipinski definition) is 5. The zero-order valence-electron chi connectivity index (χ0n) is 17.2. The number of pyridine rings is 2. The van der Waals surface area contributed by atoms with Crippen molar-refractivity contribution in [1.82, 2.24) is 14.4 Å². The number of carbonyl (C=O) groups excluding carboxylic acids is 1. The van der Waals surface area contributed by atoms with Crippen molar-refractivity contribution in [3.8, 4) is 5.75 Å². The Balaban J connectivity index is 1.52. The molecule has 152 valence electrons. The van der Waals surface area contributed by atoms with Gasteiger partial charge in [-0.2, -0.15) is 0 Å². The molecule has 7 heteroatoms. The number of aryl methyl sites for hydroxylation is 1. The number of aromatic nitrogens is 3. The maximum Gasteiger partial charge on any atom is 0.274 e. The van der Waals surface area contributed by atoms with Crippen LogP contribution in [-0.4, -0.2) is 40.0 Å². The molecule has 1 fully saturated rings. The quantitative estimate of drug-likeness (QED) is 0.711. The summed E-state index contributed by atoms with van der Waals surface area (Å²) in [4.78, 5) is 24.3. The zero-order chi connectivity index (χ0) is 20.4. The molecule has 1 N–H and O–H groups in total. The Labute approximate surface area is 170 Å². The lowest BCUT2D eigenvalue weighted by molar-refractivity contribution is 0.102. The highest BCUT2D eigenvalue weighted by Gasteiger charge is 2.20. The Morgan fingerprint density at radius 2 is 2.07 bits per heavy atom. The van der Waals surface area contributed by atoms with Crippen molar-refractivity contribution in [2.45, 2.75) is 33.6 Å². The summed E-state index contributed by atoms with van der Waals surface area (Å²) in [6, 6.07) is 7.59. The summed E-state index contributed by atoms with van der Waals surface area (Å²) in [5.74, 6) is 2.19. The number of anilines is 2. The molecular formula is C22H27N5O2. The van der Waals surface area contributed by atoms with Crippen LogP contribution in [0.25, 0.3) is 5.65 Å². The number of ether oxygens (including phenoxy) is 1. The molecule has 4 heterocycles. The highest BCUT2D eigenvalue weighted by molar-refractivity contribution is 6.04. The number of piperidine rings is 1. The molecule has 3 aromatic heterocycles. The van der Waals surface area contributed by atoms with Crippen LogP contribution in [0, 0.1) is 12.8 Å². The van der Waals surface area contributed by atoms with E-state index in [0.717, 1.165) is 24.8 Å². The molecular weight excluding hydrogens is 366 g/mol. The number of imidazole rings is 1. The van der Waals surface area contributed by atoms with Gasteiger partial charge in [0.25, 0.3) is 5.91 Å². The van der Waals surface area contributed by atoms with Crippen molar-refractivity contribution in [3.63, 3.8) is 0 Å². The molecule has 0 bridgehead atoms. The highest BCUT2D eigenvalue weighted by atomic mass is 16.5. The third kappa shape index (κ3) is 3.90. The van der Waals surface area contributed by atoms with E-state index in [1.54, 1.807) is 10.6 Å². The average Bonchev–Trinajstić information content (AvgIpc) is 3.06. The monoisotopic (exact) mass is 393 g/mol. The van der Waals surface area contributed by atoms with Crippen LogP contribution in [0.1, 0.15) is 42.9 Å². The van der Waals surface area contributed by atoms with Crippen molar-refractivity contribution >= 4 is 23.1 Å². The molecule has 3 aromatic rings. The summed E-state index contributed by atoms with van der Waals surface area (Å²) in [5.41, 5.74) is 2.46. The molecule has 1 aliphatic rings. The van der Waals surface area contributed by atoms with Crippen LogP contribution < -0.4 is 15.0 Å². The van der Waals surface area contributed by atoms with Gasteiger partial charge in [0.05, 0.1) is 24.2 Å². The van der Waals surface area contributed by atoms with Crippen molar-refractivity contribution in [1.29, 1.82) is 0 Å². The summed E-state index contributed by atoms with van der Waals surface area (Å²) in [6.07, 6.45) is 5.93. The summed E-state index contributed by atoms with van der Waals surface area (Å²) in [5, 5.41) is 2.94. The number of carbonyl (C=O) groups is 1. The molecule has 0 atom stereocenters. The van der Waals surface area contributed by atoms with Gasteiger partial charge in [-0.1, -0.05) is 6.92 Å². The van der Waals surface area contributed by atoms with Crippen LogP contribution in [0.15, 0.2) is 36.7 Å². The number of hydrogen-bond donors (Lipinski definition) is 1. The van der Waals surface area contributed by atoms with Crippen molar-refractivity contribution < 1.29 is 9.53 Å². The molecule has 0 aliphatic carbocycles. The maximum atomic E-state index is 13.0. The molecule has 1 aliphatic heterocycles. The van der Waals surface area contributed by atoms with E-state index in [4.69, 9.17) is 4.74 Å². The first-order chi connectivity index (χ1) is 14.1. The molecule has 0 unspecified atom stereocenters. The van der Waals surface area contributed by atoms with Crippen LogP contribution in [0.4, 0.5) is 11.5 Å². The minimum atomic E-state index is -0.218. The molecule has 0 radical (unpaired) electrons. The summed E-state index contributed by atoms with van der Waals surface area (Å²) in [7, 11) is 0. The lowest BCUT2D eigenvalue weighted by Crippen LogP contribution is -2.33. The molecule has 0 aromatic carbocycles. The Bertz CT molecular complexity index is 1000. The maximum absolute atomic E-state index is 13.0. The van der Waals surface area contributed by atoms with Crippen LogP contribution in [-0.2, 0) is 0 Å². The lowest BCUT2D eigenvalue weighted by Gasteiger charge is -2.31. The summed E-state index contributed by atoms with van der Waals surface area (Å²) >= 11 is 0. The van der Waals surface area contributed by atoms with Crippen LogP contribution in [0.5, 0.6) is 5.75 Å². The molecule has 4 rings (SSSR count).